The Labute approximate surface area is 174 Å². The van der Waals surface area contributed by atoms with E-state index in [0.29, 0.717) is 5.56 Å². The lowest BCUT2D eigenvalue weighted by atomic mass is 10.1. The van der Waals surface area contributed by atoms with Crippen LogP contribution in [0.4, 0.5) is 0 Å². The summed E-state index contributed by atoms with van der Waals surface area (Å²) in [5, 5.41) is 30.8. The maximum Gasteiger partial charge on any atom is 0.262 e. The standard InChI is InChI=1S/C24H19N3O3/c25-15-21(24(30)27-16-20-7-8-22(28)23(29)14-20)13-19-5-3-17(4-6-19)1-2-18-9-11-26-12-10-18/h1-14,28-29H,16H2,(H,27,30)/b2-1+,21-13+. The van der Waals surface area contributed by atoms with Gasteiger partial charge in [-0.1, -0.05) is 42.5 Å². The van der Waals surface area contributed by atoms with Gasteiger partial charge in [0.1, 0.15) is 11.6 Å². The van der Waals surface area contributed by atoms with E-state index in [9.17, 15) is 20.3 Å². The number of aromatic hydroxyl groups is 2. The molecule has 0 aliphatic heterocycles. The first-order chi connectivity index (χ1) is 14.5. The highest BCUT2D eigenvalue weighted by atomic mass is 16.3. The van der Waals surface area contributed by atoms with Gasteiger partial charge in [-0.3, -0.25) is 9.78 Å². The van der Waals surface area contributed by atoms with Crippen molar-refractivity contribution in [2.75, 3.05) is 0 Å². The summed E-state index contributed by atoms with van der Waals surface area (Å²) in [6.45, 7) is 0.116. The van der Waals surface area contributed by atoms with E-state index in [0.717, 1.165) is 16.7 Å². The largest absolute Gasteiger partial charge is 0.504 e. The van der Waals surface area contributed by atoms with E-state index in [-0.39, 0.29) is 23.6 Å². The number of phenols is 2. The second kappa shape index (κ2) is 9.71. The van der Waals surface area contributed by atoms with Gasteiger partial charge in [0.25, 0.3) is 5.91 Å². The maximum absolute atomic E-state index is 12.3. The fourth-order valence-corrected chi connectivity index (χ4v) is 2.64. The number of aromatic nitrogens is 1. The summed E-state index contributed by atoms with van der Waals surface area (Å²) in [6, 6.07) is 17.4. The van der Waals surface area contributed by atoms with E-state index >= 15 is 0 Å². The molecule has 6 nitrogen and oxygen atoms in total. The monoisotopic (exact) mass is 397 g/mol. The second-order valence-electron chi connectivity index (χ2n) is 6.46. The molecule has 3 rings (SSSR count). The molecule has 3 aromatic rings. The Morgan fingerprint density at radius 1 is 0.933 bits per heavy atom. The van der Waals surface area contributed by atoms with Crippen molar-refractivity contribution in [3.05, 3.63) is 94.8 Å². The Morgan fingerprint density at radius 2 is 1.57 bits per heavy atom. The molecule has 0 bridgehead atoms. The number of amides is 1. The highest BCUT2D eigenvalue weighted by Gasteiger charge is 2.09. The number of pyridine rings is 1. The minimum Gasteiger partial charge on any atom is -0.504 e. The van der Waals surface area contributed by atoms with Crippen LogP contribution in [-0.2, 0) is 11.3 Å². The average Bonchev–Trinajstić information content (AvgIpc) is 2.78. The van der Waals surface area contributed by atoms with E-state index in [2.05, 4.69) is 10.3 Å². The molecule has 0 radical (unpaired) electrons. The molecule has 6 heteroatoms. The van der Waals surface area contributed by atoms with Crippen molar-refractivity contribution in [2.24, 2.45) is 0 Å². The van der Waals surface area contributed by atoms with Crippen molar-refractivity contribution in [2.45, 2.75) is 6.54 Å². The second-order valence-corrected chi connectivity index (χ2v) is 6.46. The topological polar surface area (TPSA) is 106 Å². The zero-order chi connectivity index (χ0) is 21.3. The van der Waals surface area contributed by atoms with Crippen molar-refractivity contribution >= 4 is 24.1 Å². The normalized spacial score (nSPS) is 11.2. The first kappa shape index (κ1) is 20.4. The van der Waals surface area contributed by atoms with Crippen molar-refractivity contribution in [3.63, 3.8) is 0 Å². The van der Waals surface area contributed by atoms with Gasteiger partial charge in [0.2, 0.25) is 0 Å². The Kier molecular flexibility index (Phi) is 6.59. The molecule has 0 unspecified atom stereocenters. The smallest absolute Gasteiger partial charge is 0.262 e. The van der Waals surface area contributed by atoms with Crippen LogP contribution in [0, 0.1) is 11.3 Å². The minimum atomic E-state index is -0.522. The number of nitrogens with zero attached hydrogens (tertiary/aromatic N) is 2. The van der Waals surface area contributed by atoms with Gasteiger partial charge in [-0.2, -0.15) is 5.26 Å². The molecule has 1 heterocycles. The number of carbonyl (C=O) groups is 1. The zero-order valence-electron chi connectivity index (χ0n) is 16.0. The highest BCUT2D eigenvalue weighted by Crippen LogP contribution is 2.24. The van der Waals surface area contributed by atoms with Crippen molar-refractivity contribution in [1.29, 1.82) is 5.26 Å². The van der Waals surface area contributed by atoms with E-state index in [1.807, 2.05) is 54.6 Å². The Balaban J connectivity index is 1.64. The molecule has 0 saturated heterocycles. The number of rotatable bonds is 6. The predicted molar refractivity (Wildman–Crippen MR) is 115 cm³/mol. The molecule has 0 aliphatic rings. The van der Waals surface area contributed by atoms with E-state index in [1.54, 1.807) is 18.5 Å². The molecule has 0 fully saturated rings. The summed E-state index contributed by atoms with van der Waals surface area (Å²) in [7, 11) is 0. The van der Waals surface area contributed by atoms with Crippen LogP contribution < -0.4 is 5.32 Å². The van der Waals surface area contributed by atoms with Gasteiger partial charge < -0.3 is 15.5 Å². The van der Waals surface area contributed by atoms with Crippen LogP contribution in [0.25, 0.3) is 18.2 Å². The Bertz CT molecular complexity index is 1130. The van der Waals surface area contributed by atoms with Crippen LogP contribution in [0.15, 0.2) is 72.6 Å². The molecule has 0 aliphatic carbocycles. The van der Waals surface area contributed by atoms with Crippen molar-refractivity contribution < 1.29 is 15.0 Å². The molecule has 0 atom stereocenters. The van der Waals surface area contributed by atoms with Gasteiger partial charge in [-0.25, -0.2) is 0 Å². The summed E-state index contributed by atoms with van der Waals surface area (Å²) in [5.74, 6) is -1.02. The van der Waals surface area contributed by atoms with Gasteiger partial charge in [-0.15, -0.1) is 0 Å². The van der Waals surface area contributed by atoms with Gasteiger partial charge >= 0.3 is 0 Å². The van der Waals surface area contributed by atoms with Crippen molar-refractivity contribution in [1.82, 2.24) is 10.3 Å². The Hall–Kier alpha value is -4.37. The minimum absolute atomic E-state index is 0.0296. The molecular formula is C24H19N3O3. The molecule has 1 aromatic heterocycles. The SMILES string of the molecule is N#C/C(=C\c1ccc(/C=C/c2ccncc2)cc1)C(=O)NCc1ccc(O)c(O)c1. The van der Waals surface area contributed by atoms with E-state index in [4.69, 9.17) is 0 Å². The molecule has 1 amide bonds. The highest BCUT2D eigenvalue weighted by molar-refractivity contribution is 6.01. The molecular weight excluding hydrogens is 378 g/mol. The summed E-state index contributed by atoms with van der Waals surface area (Å²) in [6.07, 6.45) is 8.91. The van der Waals surface area contributed by atoms with Gasteiger partial charge in [0, 0.05) is 18.9 Å². The van der Waals surface area contributed by atoms with Crippen LogP contribution in [0.5, 0.6) is 11.5 Å². The maximum atomic E-state index is 12.3. The quantitative estimate of drug-likeness (QED) is 0.332. The third-order valence-electron chi connectivity index (χ3n) is 4.28. The number of hydrogen-bond acceptors (Lipinski definition) is 5. The lowest BCUT2D eigenvalue weighted by Crippen LogP contribution is -2.23. The molecule has 0 saturated carbocycles. The number of hydrogen-bond donors (Lipinski definition) is 3. The fraction of sp³-hybridized carbons (Fsp3) is 0.0417. The lowest BCUT2D eigenvalue weighted by molar-refractivity contribution is -0.117. The van der Waals surface area contributed by atoms with Crippen molar-refractivity contribution in [3.8, 4) is 17.6 Å². The predicted octanol–water partition coefficient (Wildman–Crippen LogP) is 3.89. The first-order valence-electron chi connectivity index (χ1n) is 9.14. The summed E-state index contributed by atoms with van der Waals surface area (Å²) in [4.78, 5) is 16.3. The van der Waals surface area contributed by atoms with Crippen LogP contribution in [0.3, 0.4) is 0 Å². The number of phenolic OH excluding ortho intramolecular Hbond substituents is 2. The summed E-state index contributed by atoms with van der Waals surface area (Å²) >= 11 is 0. The van der Waals surface area contributed by atoms with Crippen LogP contribution in [0.1, 0.15) is 22.3 Å². The fourth-order valence-electron chi connectivity index (χ4n) is 2.64. The van der Waals surface area contributed by atoms with Crippen LogP contribution in [0.2, 0.25) is 0 Å². The molecule has 2 aromatic carbocycles. The third-order valence-corrected chi connectivity index (χ3v) is 4.28. The molecule has 148 valence electrons. The van der Waals surface area contributed by atoms with Crippen LogP contribution >= 0.6 is 0 Å². The van der Waals surface area contributed by atoms with Gasteiger partial charge in [0.15, 0.2) is 11.5 Å². The zero-order valence-corrected chi connectivity index (χ0v) is 16.0. The molecule has 3 N–H and O–H groups in total. The first-order valence-corrected chi connectivity index (χ1v) is 9.14. The van der Waals surface area contributed by atoms with Gasteiger partial charge in [0.05, 0.1) is 0 Å². The number of nitrogens with one attached hydrogen (secondary N) is 1. The van der Waals surface area contributed by atoms with E-state index in [1.165, 1.54) is 18.2 Å². The number of nitriles is 1. The number of carbonyl (C=O) groups excluding carboxylic acids is 1. The molecule has 0 spiro atoms. The lowest BCUT2D eigenvalue weighted by Gasteiger charge is -2.06. The Morgan fingerprint density at radius 3 is 2.20 bits per heavy atom. The average molecular weight is 397 g/mol. The summed E-state index contributed by atoms with van der Waals surface area (Å²) < 4.78 is 0. The van der Waals surface area contributed by atoms with E-state index < -0.39 is 5.91 Å². The molecule has 30 heavy (non-hydrogen) atoms. The third kappa shape index (κ3) is 5.57. The van der Waals surface area contributed by atoms with Gasteiger partial charge in [-0.05, 0) is 52.6 Å². The number of benzene rings is 2. The summed E-state index contributed by atoms with van der Waals surface area (Å²) in [5.41, 5.74) is 3.32. The van der Waals surface area contributed by atoms with Crippen LogP contribution in [-0.4, -0.2) is 21.1 Å².